The van der Waals surface area contributed by atoms with Crippen LogP contribution in [0.4, 0.5) is 0 Å². The van der Waals surface area contributed by atoms with Gasteiger partial charge < -0.3 is 24.7 Å². The fourth-order valence-electron chi connectivity index (χ4n) is 5.05. The minimum atomic E-state index is 0. The van der Waals surface area contributed by atoms with E-state index in [1.807, 2.05) is 19.2 Å². The Morgan fingerprint density at radius 1 is 1.13 bits per heavy atom. The molecule has 166 valence electrons. The molecule has 2 unspecified atom stereocenters. The molecule has 4 rings (SSSR count). The molecule has 2 heterocycles. The number of H-pyrrole nitrogens is 1. The van der Waals surface area contributed by atoms with E-state index >= 15 is 0 Å². The van der Waals surface area contributed by atoms with Gasteiger partial charge in [0.05, 0.1) is 19.7 Å². The maximum absolute atomic E-state index is 5.52. The minimum absolute atomic E-state index is 0. The number of aliphatic imine (C=N–C) groups is 1. The van der Waals surface area contributed by atoms with E-state index in [4.69, 9.17) is 9.47 Å². The number of ether oxygens (including phenoxy) is 2. The number of hydrogen-bond acceptors (Lipinski definition) is 3. The smallest absolute Gasteiger partial charge is 0.193 e. The summed E-state index contributed by atoms with van der Waals surface area (Å²) in [4.78, 5) is 10.5. The summed E-state index contributed by atoms with van der Waals surface area (Å²) in [6.07, 6.45) is 7.63. The molecule has 0 spiro atoms. The molecule has 1 saturated carbocycles. The van der Waals surface area contributed by atoms with E-state index in [0.717, 1.165) is 59.6 Å². The summed E-state index contributed by atoms with van der Waals surface area (Å²) in [6.45, 7) is 3.27. The molecule has 2 aromatic rings. The average molecular weight is 526 g/mol. The zero-order valence-electron chi connectivity index (χ0n) is 18.4. The number of aryl methyl sites for hydroxylation is 1. The number of guanidine groups is 1. The van der Waals surface area contributed by atoms with Gasteiger partial charge in [0.15, 0.2) is 5.96 Å². The lowest BCUT2D eigenvalue weighted by Crippen LogP contribution is -2.40. The topological polar surface area (TPSA) is 61.9 Å². The highest BCUT2D eigenvalue weighted by atomic mass is 127. The van der Waals surface area contributed by atoms with Gasteiger partial charge >= 0.3 is 0 Å². The predicted molar refractivity (Wildman–Crippen MR) is 134 cm³/mol. The quantitative estimate of drug-likeness (QED) is 0.253. The fourth-order valence-corrected chi connectivity index (χ4v) is 5.05. The first-order chi connectivity index (χ1) is 14.2. The lowest BCUT2D eigenvalue weighted by molar-refractivity contribution is 0.299. The van der Waals surface area contributed by atoms with Crippen molar-refractivity contribution in [1.29, 1.82) is 0 Å². The van der Waals surface area contributed by atoms with Gasteiger partial charge in [-0.15, -0.1) is 24.0 Å². The molecular formula is C23H35IN4O2. The Morgan fingerprint density at radius 2 is 1.87 bits per heavy atom. The lowest BCUT2D eigenvalue weighted by atomic mass is 9.82. The molecule has 1 aliphatic carbocycles. The van der Waals surface area contributed by atoms with Gasteiger partial charge in [0.25, 0.3) is 0 Å². The number of likely N-dealkylation sites (tertiary alicyclic amines) is 1. The maximum Gasteiger partial charge on any atom is 0.193 e. The van der Waals surface area contributed by atoms with Gasteiger partial charge in [-0.1, -0.05) is 12.8 Å². The highest BCUT2D eigenvalue weighted by molar-refractivity contribution is 14.0. The number of hydrogen-bond donors (Lipinski definition) is 2. The Kier molecular flexibility index (Phi) is 8.13. The average Bonchev–Trinajstić information content (AvgIpc) is 3.36. The van der Waals surface area contributed by atoms with Crippen molar-refractivity contribution in [1.82, 2.24) is 15.2 Å². The Balaban J connectivity index is 0.00000256. The molecule has 2 N–H and O–H groups in total. The van der Waals surface area contributed by atoms with Crippen LogP contribution in [0.5, 0.6) is 11.5 Å². The third kappa shape index (κ3) is 4.98. The van der Waals surface area contributed by atoms with Crippen LogP contribution in [0.1, 0.15) is 37.8 Å². The second-order valence-corrected chi connectivity index (χ2v) is 8.37. The van der Waals surface area contributed by atoms with Gasteiger partial charge in [0.2, 0.25) is 0 Å². The van der Waals surface area contributed by atoms with Gasteiger partial charge in [-0.2, -0.15) is 0 Å². The van der Waals surface area contributed by atoms with E-state index in [-0.39, 0.29) is 24.0 Å². The summed E-state index contributed by atoms with van der Waals surface area (Å²) in [6, 6.07) is 6.14. The highest BCUT2D eigenvalue weighted by Crippen LogP contribution is 2.36. The zero-order valence-corrected chi connectivity index (χ0v) is 20.7. The molecule has 0 bridgehead atoms. The molecule has 0 radical (unpaired) electrons. The summed E-state index contributed by atoms with van der Waals surface area (Å²) in [5.41, 5.74) is 2.27. The molecule has 6 nitrogen and oxygen atoms in total. The normalized spacial score (nSPS) is 21.3. The largest absolute Gasteiger partial charge is 0.497 e. The number of methoxy groups -OCH3 is 2. The van der Waals surface area contributed by atoms with E-state index in [0.29, 0.717) is 0 Å². The minimum Gasteiger partial charge on any atom is -0.497 e. The zero-order chi connectivity index (χ0) is 20.2. The van der Waals surface area contributed by atoms with Crippen LogP contribution in [-0.4, -0.2) is 56.7 Å². The van der Waals surface area contributed by atoms with E-state index in [1.54, 1.807) is 14.2 Å². The summed E-state index contributed by atoms with van der Waals surface area (Å²) in [7, 11) is 5.28. The van der Waals surface area contributed by atoms with Gasteiger partial charge in [-0.05, 0) is 43.6 Å². The van der Waals surface area contributed by atoms with Crippen LogP contribution >= 0.6 is 24.0 Å². The molecule has 1 aromatic carbocycles. The standard InChI is InChI=1S/C23H34N4O2.HI/c1-24-23(27-14-16-7-4-5-8-17(16)15-27)25-10-6-9-18-11-20-21(26-18)12-19(28-2)13-22(20)29-3;/h11-13,16-17,26H,4-10,14-15H2,1-3H3,(H,24,25);1H. The van der Waals surface area contributed by atoms with Crippen molar-refractivity contribution in [3.05, 3.63) is 23.9 Å². The van der Waals surface area contributed by atoms with E-state index in [2.05, 4.69) is 26.3 Å². The summed E-state index contributed by atoms with van der Waals surface area (Å²) in [5.74, 6) is 4.47. The Labute approximate surface area is 196 Å². The summed E-state index contributed by atoms with van der Waals surface area (Å²) >= 11 is 0. The van der Waals surface area contributed by atoms with Crippen LogP contribution in [0.15, 0.2) is 23.2 Å². The Bertz CT molecular complexity index is 852. The van der Waals surface area contributed by atoms with Crippen LogP contribution in [0, 0.1) is 11.8 Å². The van der Waals surface area contributed by atoms with Crippen molar-refractivity contribution in [2.24, 2.45) is 16.8 Å². The number of benzene rings is 1. The van der Waals surface area contributed by atoms with E-state index in [1.165, 1.54) is 44.5 Å². The maximum atomic E-state index is 5.52. The lowest BCUT2D eigenvalue weighted by Gasteiger charge is -2.22. The molecule has 30 heavy (non-hydrogen) atoms. The van der Waals surface area contributed by atoms with Crippen molar-refractivity contribution in [2.45, 2.75) is 38.5 Å². The number of rotatable bonds is 6. The van der Waals surface area contributed by atoms with Crippen LogP contribution in [0.25, 0.3) is 10.9 Å². The van der Waals surface area contributed by atoms with Crippen molar-refractivity contribution >= 4 is 40.8 Å². The molecule has 2 fully saturated rings. The first-order valence-electron chi connectivity index (χ1n) is 10.9. The molecule has 1 aromatic heterocycles. The van der Waals surface area contributed by atoms with Gasteiger partial charge in [-0.3, -0.25) is 4.99 Å². The second-order valence-electron chi connectivity index (χ2n) is 8.37. The van der Waals surface area contributed by atoms with Crippen LogP contribution in [0.3, 0.4) is 0 Å². The van der Waals surface area contributed by atoms with E-state index < -0.39 is 0 Å². The van der Waals surface area contributed by atoms with Crippen LogP contribution in [-0.2, 0) is 6.42 Å². The molecular weight excluding hydrogens is 491 g/mol. The number of aromatic amines is 1. The number of aromatic nitrogens is 1. The SMILES string of the molecule is CN=C(NCCCc1cc2c(OC)cc(OC)cc2[nH]1)N1CC2CCCCC2C1.I. The number of nitrogens with one attached hydrogen (secondary N) is 2. The van der Waals surface area contributed by atoms with Crippen LogP contribution in [0.2, 0.25) is 0 Å². The third-order valence-corrected chi connectivity index (χ3v) is 6.58. The van der Waals surface area contributed by atoms with Gasteiger partial charge in [-0.25, -0.2) is 0 Å². The van der Waals surface area contributed by atoms with Gasteiger partial charge in [0, 0.05) is 49.9 Å². The molecule has 2 atom stereocenters. The fraction of sp³-hybridized carbons (Fsp3) is 0.609. The van der Waals surface area contributed by atoms with E-state index in [9.17, 15) is 0 Å². The molecule has 0 amide bonds. The third-order valence-electron chi connectivity index (χ3n) is 6.58. The van der Waals surface area contributed by atoms with Crippen molar-refractivity contribution in [2.75, 3.05) is 40.9 Å². The molecule has 1 aliphatic heterocycles. The Hall–Kier alpha value is -1.64. The Morgan fingerprint density at radius 3 is 2.50 bits per heavy atom. The molecule has 7 heteroatoms. The first-order valence-corrected chi connectivity index (χ1v) is 10.9. The molecule has 1 saturated heterocycles. The van der Waals surface area contributed by atoms with Crippen molar-refractivity contribution in [3.63, 3.8) is 0 Å². The first kappa shape index (κ1) is 23.0. The summed E-state index contributed by atoms with van der Waals surface area (Å²) in [5, 5.41) is 4.69. The predicted octanol–water partition coefficient (Wildman–Crippen LogP) is 4.43. The number of fused-ring (bicyclic) bond motifs is 2. The van der Waals surface area contributed by atoms with Crippen molar-refractivity contribution in [3.8, 4) is 11.5 Å². The van der Waals surface area contributed by atoms with Crippen molar-refractivity contribution < 1.29 is 9.47 Å². The van der Waals surface area contributed by atoms with Gasteiger partial charge in [0.1, 0.15) is 11.5 Å². The summed E-state index contributed by atoms with van der Waals surface area (Å²) < 4.78 is 10.9. The molecule has 2 aliphatic rings. The number of halogens is 1. The van der Waals surface area contributed by atoms with Crippen LogP contribution < -0.4 is 14.8 Å². The number of nitrogens with zero attached hydrogens (tertiary/aromatic N) is 2. The monoisotopic (exact) mass is 526 g/mol. The highest BCUT2D eigenvalue weighted by Gasteiger charge is 2.35. The second kappa shape index (κ2) is 10.6.